The van der Waals surface area contributed by atoms with E-state index in [4.69, 9.17) is 5.73 Å². The summed E-state index contributed by atoms with van der Waals surface area (Å²) in [6.07, 6.45) is 1.11. The largest absolute Gasteiger partial charge is 0.397 e. The molecule has 0 aliphatic carbocycles. The van der Waals surface area contributed by atoms with Gasteiger partial charge in [-0.1, -0.05) is 22.9 Å². The standard InChI is InChI=1S/C9H13BrN2/c1-2-5-12-9-4-3-7(10)6-8(9)11/h3-4,6,12H,2,5,11H2,1H3. The van der Waals surface area contributed by atoms with Crippen molar-refractivity contribution in [1.29, 1.82) is 0 Å². The highest BCUT2D eigenvalue weighted by Crippen LogP contribution is 2.22. The Balaban J connectivity index is 2.72. The van der Waals surface area contributed by atoms with Crippen molar-refractivity contribution in [2.45, 2.75) is 13.3 Å². The van der Waals surface area contributed by atoms with E-state index in [1.807, 2.05) is 18.2 Å². The Morgan fingerprint density at radius 3 is 2.83 bits per heavy atom. The Morgan fingerprint density at radius 1 is 1.50 bits per heavy atom. The van der Waals surface area contributed by atoms with Crippen LogP contribution in [0.1, 0.15) is 13.3 Å². The first-order valence-corrected chi connectivity index (χ1v) is 4.82. The lowest BCUT2D eigenvalue weighted by atomic mass is 10.2. The summed E-state index contributed by atoms with van der Waals surface area (Å²) in [6.45, 7) is 3.09. The Kier molecular flexibility index (Phi) is 3.41. The second kappa shape index (κ2) is 4.36. The number of hydrogen-bond acceptors (Lipinski definition) is 2. The van der Waals surface area contributed by atoms with Crippen LogP contribution < -0.4 is 11.1 Å². The van der Waals surface area contributed by atoms with Gasteiger partial charge in [0.05, 0.1) is 11.4 Å². The molecule has 0 radical (unpaired) electrons. The minimum absolute atomic E-state index is 0.790. The van der Waals surface area contributed by atoms with Crippen molar-refractivity contribution in [3.05, 3.63) is 22.7 Å². The molecule has 1 rings (SSSR count). The molecule has 1 aromatic carbocycles. The van der Waals surface area contributed by atoms with Gasteiger partial charge in [0.2, 0.25) is 0 Å². The zero-order chi connectivity index (χ0) is 8.97. The van der Waals surface area contributed by atoms with Gasteiger partial charge in [-0.3, -0.25) is 0 Å². The second-order valence-corrected chi connectivity index (χ2v) is 3.57. The normalized spacial score (nSPS) is 9.83. The molecule has 2 nitrogen and oxygen atoms in total. The number of nitrogen functional groups attached to an aromatic ring is 1. The van der Waals surface area contributed by atoms with Crippen LogP contribution in [0.5, 0.6) is 0 Å². The molecule has 66 valence electrons. The van der Waals surface area contributed by atoms with Gasteiger partial charge in [-0.15, -0.1) is 0 Å². The van der Waals surface area contributed by atoms with E-state index in [9.17, 15) is 0 Å². The van der Waals surface area contributed by atoms with E-state index in [0.717, 1.165) is 28.8 Å². The van der Waals surface area contributed by atoms with Gasteiger partial charge in [0, 0.05) is 11.0 Å². The van der Waals surface area contributed by atoms with Crippen LogP contribution in [-0.4, -0.2) is 6.54 Å². The predicted molar refractivity (Wildman–Crippen MR) is 57.3 cm³/mol. The molecule has 0 aromatic heterocycles. The number of anilines is 2. The number of rotatable bonds is 3. The fraction of sp³-hybridized carbons (Fsp3) is 0.333. The maximum absolute atomic E-state index is 5.77. The van der Waals surface area contributed by atoms with Crippen molar-refractivity contribution in [2.75, 3.05) is 17.6 Å². The van der Waals surface area contributed by atoms with Gasteiger partial charge in [-0.05, 0) is 24.6 Å². The van der Waals surface area contributed by atoms with E-state index in [2.05, 4.69) is 28.2 Å². The summed E-state index contributed by atoms with van der Waals surface area (Å²) in [5, 5.41) is 3.24. The van der Waals surface area contributed by atoms with Gasteiger partial charge in [-0.2, -0.15) is 0 Å². The van der Waals surface area contributed by atoms with Crippen LogP contribution in [0.2, 0.25) is 0 Å². The number of halogens is 1. The zero-order valence-electron chi connectivity index (χ0n) is 7.10. The molecule has 0 aliphatic heterocycles. The van der Waals surface area contributed by atoms with E-state index in [-0.39, 0.29) is 0 Å². The Labute approximate surface area is 81.3 Å². The van der Waals surface area contributed by atoms with Crippen molar-refractivity contribution in [2.24, 2.45) is 0 Å². The quantitative estimate of drug-likeness (QED) is 0.782. The number of hydrogen-bond donors (Lipinski definition) is 2. The molecule has 3 heteroatoms. The summed E-state index contributed by atoms with van der Waals surface area (Å²) in [5.41, 5.74) is 7.57. The molecule has 0 unspecified atom stereocenters. The summed E-state index contributed by atoms with van der Waals surface area (Å²) in [7, 11) is 0. The summed E-state index contributed by atoms with van der Waals surface area (Å²) in [5.74, 6) is 0. The molecule has 0 heterocycles. The van der Waals surface area contributed by atoms with E-state index in [1.54, 1.807) is 0 Å². The van der Waals surface area contributed by atoms with Crippen molar-refractivity contribution in [1.82, 2.24) is 0 Å². The lowest BCUT2D eigenvalue weighted by molar-refractivity contribution is 0.980. The van der Waals surface area contributed by atoms with Crippen LogP contribution in [0, 0.1) is 0 Å². The van der Waals surface area contributed by atoms with Crippen LogP contribution in [0.3, 0.4) is 0 Å². The molecule has 12 heavy (non-hydrogen) atoms. The average molecular weight is 229 g/mol. The van der Waals surface area contributed by atoms with Crippen LogP contribution in [-0.2, 0) is 0 Å². The topological polar surface area (TPSA) is 38.0 Å². The summed E-state index contributed by atoms with van der Waals surface area (Å²) in [6, 6.07) is 5.86. The Morgan fingerprint density at radius 2 is 2.25 bits per heavy atom. The summed E-state index contributed by atoms with van der Waals surface area (Å²) < 4.78 is 1.02. The summed E-state index contributed by atoms with van der Waals surface area (Å²) >= 11 is 3.36. The first-order chi connectivity index (χ1) is 5.74. The number of nitrogens with one attached hydrogen (secondary N) is 1. The molecule has 1 aromatic rings. The maximum atomic E-state index is 5.77. The van der Waals surface area contributed by atoms with Gasteiger partial charge in [0.25, 0.3) is 0 Å². The molecule has 0 spiro atoms. The van der Waals surface area contributed by atoms with Gasteiger partial charge in [0.15, 0.2) is 0 Å². The first kappa shape index (κ1) is 9.39. The smallest absolute Gasteiger partial charge is 0.0574 e. The molecule has 3 N–H and O–H groups in total. The molecular formula is C9H13BrN2. The molecule has 0 saturated carbocycles. The highest BCUT2D eigenvalue weighted by Gasteiger charge is 1.96. The zero-order valence-corrected chi connectivity index (χ0v) is 8.69. The minimum atomic E-state index is 0.790. The minimum Gasteiger partial charge on any atom is -0.397 e. The van der Waals surface area contributed by atoms with E-state index >= 15 is 0 Å². The predicted octanol–water partition coefficient (Wildman–Crippen LogP) is 2.85. The van der Waals surface area contributed by atoms with Gasteiger partial charge in [0.1, 0.15) is 0 Å². The van der Waals surface area contributed by atoms with Crippen molar-refractivity contribution >= 4 is 27.3 Å². The number of nitrogens with two attached hydrogens (primary N) is 1. The Bertz CT molecular complexity index is 261. The SMILES string of the molecule is CCCNc1ccc(Br)cc1N. The maximum Gasteiger partial charge on any atom is 0.0574 e. The van der Waals surface area contributed by atoms with Crippen LogP contribution in [0.15, 0.2) is 22.7 Å². The molecule has 0 atom stereocenters. The van der Waals surface area contributed by atoms with Gasteiger partial charge in [-0.25, -0.2) is 0 Å². The molecule has 0 amide bonds. The van der Waals surface area contributed by atoms with Crippen molar-refractivity contribution < 1.29 is 0 Å². The molecule has 0 bridgehead atoms. The third-order valence-corrected chi connectivity index (χ3v) is 2.07. The van der Waals surface area contributed by atoms with Crippen LogP contribution in [0.25, 0.3) is 0 Å². The fourth-order valence-corrected chi connectivity index (χ4v) is 1.33. The third-order valence-electron chi connectivity index (χ3n) is 1.58. The lowest BCUT2D eigenvalue weighted by Gasteiger charge is -2.07. The van der Waals surface area contributed by atoms with E-state index in [0.29, 0.717) is 0 Å². The molecule has 0 fully saturated rings. The average Bonchev–Trinajstić information content (AvgIpc) is 2.03. The van der Waals surface area contributed by atoms with Crippen molar-refractivity contribution in [3.63, 3.8) is 0 Å². The van der Waals surface area contributed by atoms with Gasteiger partial charge < -0.3 is 11.1 Å². The Hall–Kier alpha value is -0.700. The monoisotopic (exact) mass is 228 g/mol. The lowest BCUT2D eigenvalue weighted by Crippen LogP contribution is -2.02. The van der Waals surface area contributed by atoms with E-state index < -0.39 is 0 Å². The first-order valence-electron chi connectivity index (χ1n) is 4.03. The molecule has 0 aliphatic rings. The summed E-state index contributed by atoms with van der Waals surface area (Å²) in [4.78, 5) is 0. The van der Waals surface area contributed by atoms with Gasteiger partial charge >= 0.3 is 0 Å². The second-order valence-electron chi connectivity index (χ2n) is 2.66. The van der Waals surface area contributed by atoms with Crippen molar-refractivity contribution in [3.8, 4) is 0 Å². The van der Waals surface area contributed by atoms with Crippen LogP contribution >= 0.6 is 15.9 Å². The fourth-order valence-electron chi connectivity index (χ4n) is 0.954. The molecule has 0 saturated heterocycles. The highest BCUT2D eigenvalue weighted by atomic mass is 79.9. The third kappa shape index (κ3) is 2.41. The molecular weight excluding hydrogens is 216 g/mol. The van der Waals surface area contributed by atoms with Crippen LogP contribution in [0.4, 0.5) is 11.4 Å². The van der Waals surface area contributed by atoms with E-state index in [1.165, 1.54) is 0 Å². The highest BCUT2D eigenvalue weighted by molar-refractivity contribution is 9.10. The number of benzene rings is 1.